The molecule has 57 heavy (non-hydrogen) atoms. The Bertz CT molecular complexity index is 3260. The zero-order chi connectivity index (χ0) is 37.9. The first-order chi connectivity index (χ1) is 27.8. The molecule has 9 aromatic rings. The van der Waals surface area contributed by atoms with Crippen LogP contribution in [0.3, 0.4) is 0 Å². The lowest BCUT2D eigenvalue weighted by Gasteiger charge is -2.42. The molecule has 268 valence electrons. The van der Waals surface area contributed by atoms with Crippen molar-refractivity contribution >= 4 is 51.0 Å². The molecule has 13 rings (SSSR count). The summed E-state index contributed by atoms with van der Waals surface area (Å²) in [5.74, 6) is 0. The van der Waals surface area contributed by atoms with Crippen LogP contribution in [0.5, 0.6) is 0 Å². The van der Waals surface area contributed by atoms with Crippen molar-refractivity contribution in [2.75, 3.05) is 4.81 Å². The molecule has 0 radical (unpaired) electrons. The van der Waals surface area contributed by atoms with Crippen LogP contribution in [0, 0.1) is 0 Å². The Morgan fingerprint density at radius 2 is 1.05 bits per heavy atom. The summed E-state index contributed by atoms with van der Waals surface area (Å²) >= 11 is 0. The average Bonchev–Trinajstić information content (AvgIpc) is 3.80. The Balaban J connectivity index is 1.20. The highest BCUT2D eigenvalue weighted by Crippen LogP contribution is 2.54. The third-order valence-electron chi connectivity index (χ3n) is 14.2. The molecule has 4 aliphatic rings. The molecule has 2 aliphatic heterocycles. The molecule has 1 aromatic heterocycles. The molecule has 2 aliphatic carbocycles. The number of rotatable bonds is 2. The monoisotopic (exact) mass is 726 g/mol. The molecule has 0 saturated heterocycles. The molecule has 3 heterocycles. The van der Waals surface area contributed by atoms with E-state index in [0.29, 0.717) is 0 Å². The van der Waals surface area contributed by atoms with Crippen LogP contribution >= 0.6 is 0 Å². The van der Waals surface area contributed by atoms with Gasteiger partial charge in [-0.3, -0.25) is 0 Å². The van der Waals surface area contributed by atoms with Crippen molar-refractivity contribution in [3.8, 4) is 50.2 Å². The molecular formula is C54H39BN2. The quantitative estimate of drug-likeness (QED) is 0.161. The number of anilines is 2. The Labute approximate surface area is 333 Å². The lowest BCUT2D eigenvalue weighted by Crippen LogP contribution is -2.60. The average molecular weight is 727 g/mol. The van der Waals surface area contributed by atoms with Crippen LogP contribution in [0.1, 0.15) is 49.9 Å². The van der Waals surface area contributed by atoms with Crippen molar-refractivity contribution in [1.82, 2.24) is 4.57 Å². The minimum atomic E-state index is -0.118. The normalized spacial score (nSPS) is 15.6. The lowest BCUT2D eigenvalue weighted by atomic mass is 9.43. The number of para-hydroxylation sites is 3. The topological polar surface area (TPSA) is 8.17 Å². The zero-order valence-corrected chi connectivity index (χ0v) is 32.6. The molecule has 0 bridgehead atoms. The van der Waals surface area contributed by atoms with Crippen molar-refractivity contribution in [3.63, 3.8) is 0 Å². The van der Waals surface area contributed by atoms with Crippen molar-refractivity contribution in [3.05, 3.63) is 186 Å². The number of fused-ring (bicyclic) bond motifs is 14. The summed E-state index contributed by atoms with van der Waals surface area (Å²) in [5, 5.41) is 2.63. The van der Waals surface area contributed by atoms with Gasteiger partial charge in [-0.25, -0.2) is 0 Å². The number of hydrogen-bond donors (Lipinski definition) is 0. The van der Waals surface area contributed by atoms with Crippen LogP contribution in [-0.2, 0) is 10.8 Å². The first-order valence-corrected chi connectivity index (χ1v) is 20.4. The molecule has 0 N–H and O–H groups in total. The molecule has 2 nitrogen and oxygen atoms in total. The van der Waals surface area contributed by atoms with Gasteiger partial charge in [0, 0.05) is 44.2 Å². The van der Waals surface area contributed by atoms with E-state index in [-0.39, 0.29) is 17.7 Å². The molecule has 0 spiro atoms. The standard InChI is InChI=1S/C54H39BN2/c1-53(2)42-22-12-8-18-34(42)36-27-26-32(28-44(36)53)39-29-41-37-20-10-15-25-48(37)57(33-16-6-5-7-17-33)55-46-31-45-40(35-19-9-13-23-43(35)54(45,3)4)30-49(46)56-47-24-14-11-21-38(47)50(39)52(56)51(41)55/h5-31H,1-4H3. The van der Waals surface area contributed by atoms with Gasteiger partial charge >= 0.3 is 6.85 Å². The number of benzene rings is 8. The summed E-state index contributed by atoms with van der Waals surface area (Å²) in [6, 6.07) is 62.3. The molecule has 3 heteroatoms. The Morgan fingerprint density at radius 1 is 0.439 bits per heavy atom. The molecule has 0 atom stereocenters. The Kier molecular flexibility index (Phi) is 5.89. The SMILES string of the molecule is CC1(C)c2ccccc2-c2ccc(-c3cc4c5c6c3c3ccccc3n6-c3cc6c(cc3B5N(c3ccccc3)c3ccccc3-4)C(C)(C)c3ccccc3-6)cc21. The van der Waals surface area contributed by atoms with E-state index in [1.807, 2.05) is 0 Å². The van der Waals surface area contributed by atoms with Gasteiger partial charge in [-0.05, 0) is 115 Å². The van der Waals surface area contributed by atoms with Gasteiger partial charge in [0.25, 0.3) is 0 Å². The van der Waals surface area contributed by atoms with Crippen LogP contribution < -0.4 is 15.7 Å². The second kappa shape index (κ2) is 10.6. The predicted molar refractivity (Wildman–Crippen MR) is 240 cm³/mol. The largest absolute Gasteiger partial charge is 0.376 e. The van der Waals surface area contributed by atoms with E-state index in [2.05, 4.69) is 201 Å². The van der Waals surface area contributed by atoms with Gasteiger partial charge in [-0.1, -0.05) is 149 Å². The van der Waals surface area contributed by atoms with Gasteiger partial charge in [-0.2, -0.15) is 0 Å². The molecule has 0 amide bonds. The fourth-order valence-electron chi connectivity index (χ4n) is 11.6. The van der Waals surface area contributed by atoms with Gasteiger partial charge in [0.2, 0.25) is 0 Å². The first kappa shape index (κ1) is 31.6. The highest BCUT2D eigenvalue weighted by atomic mass is 15.1. The minimum absolute atomic E-state index is 0.0288. The van der Waals surface area contributed by atoms with Crippen LogP contribution in [0.4, 0.5) is 11.4 Å². The second-order valence-electron chi connectivity index (χ2n) is 17.6. The van der Waals surface area contributed by atoms with E-state index in [1.54, 1.807) is 0 Å². The maximum atomic E-state index is 2.64. The fraction of sp³-hybridized carbons (Fsp3) is 0.111. The predicted octanol–water partition coefficient (Wildman–Crippen LogP) is 12.3. The van der Waals surface area contributed by atoms with E-state index in [4.69, 9.17) is 0 Å². The van der Waals surface area contributed by atoms with Crippen molar-refractivity contribution in [1.29, 1.82) is 0 Å². The third kappa shape index (κ3) is 3.83. The summed E-state index contributed by atoms with van der Waals surface area (Å²) in [6.07, 6.45) is 0. The summed E-state index contributed by atoms with van der Waals surface area (Å²) < 4.78 is 2.64. The Morgan fingerprint density at radius 3 is 1.82 bits per heavy atom. The van der Waals surface area contributed by atoms with Gasteiger partial charge in [0.15, 0.2) is 0 Å². The fourth-order valence-corrected chi connectivity index (χ4v) is 11.6. The lowest BCUT2D eigenvalue weighted by molar-refractivity contribution is 0.660. The molecule has 0 fully saturated rings. The van der Waals surface area contributed by atoms with E-state index in [0.717, 1.165) is 0 Å². The van der Waals surface area contributed by atoms with Crippen molar-refractivity contribution in [2.24, 2.45) is 0 Å². The van der Waals surface area contributed by atoms with E-state index in [1.165, 1.54) is 117 Å². The number of hydrogen-bond acceptors (Lipinski definition) is 1. The van der Waals surface area contributed by atoms with E-state index in [9.17, 15) is 0 Å². The second-order valence-corrected chi connectivity index (χ2v) is 17.6. The maximum Gasteiger partial charge on any atom is 0.333 e. The van der Waals surface area contributed by atoms with Gasteiger partial charge < -0.3 is 9.38 Å². The van der Waals surface area contributed by atoms with Crippen LogP contribution in [0.2, 0.25) is 0 Å². The smallest absolute Gasteiger partial charge is 0.333 e. The Hall–Kier alpha value is -6.58. The zero-order valence-electron chi connectivity index (χ0n) is 32.6. The summed E-state index contributed by atoms with van der Waals surface area (Å²) in [5.41, 5.74) is 25.1. The van der Waals surface area contributed by atoms with E-state index < -0.39 is 0 Å². The molecular weight excluding hydrogens is 687 g/mol. The third-order valence-corrected chi connectivity index (χ3v) is 14.2. The van der Waals surface area contributed by atoms with Crippen molar-refractivity contribution in [2.45, 2.75) is 38.5 Å². The van der Waals surface area contributed by atoms with Gasteiger partial charge in [-0.15, -0.1) is 0 Å². The number of aromatic nitrogens is 1. The minimum Gasteiger partial charge on any atom is -0.376 e. The van der Waals surface area contributed by atoms with Crippen LogP contribution in [0.15, 0.2) is 164 Å². The van der Waals surface area contributed by atoms with E-state index >= 15 is 0 Å². The van der Waals surface area contributed by atoms with Crippen LogP contribution in [-0.4, -0.2) is 11.4 Å². The number of nitrogens with zero attached hydrogens (tertiary/aromatic N) is 2. The van der Waals surface area contributed by atoms with Gasteiger partial charge in [0.1, 0.15) is 0 Å². The first-order valence-electron chi connectivity index (χ1n) is 20.4. The van der Waals surface area contributed by atoms with Gasteiger partial charge in [0.05, 0.1) is 11.0 Å². The molecule has 0 unspecified atom stereocenters. The van der Waals surface area contributed by atoms with Crippen LogP contribution in [0.25, 0.3) is 72.0 Å². The molecule has 8 aromatic carbocycles. The highest BCUT2D eigenvalue weighted by Gasteiger charge is 2.47. The molecule has 0 saturated carbocycles. The summed E-state index contributed by atoms with van der Waals surface area (Å²) in [6.45, 7) is 9.57. The summed E-state index contributed by atoms with van der Waals surface area (Å²) in [7, 11) is 0. The highest BCUT2D eigenvalue weighted by molar-refractivity contribution is 6.93. The maximum absolute atomic E-state index is 2.64. The van der Waals surface area contributed by atoms with Crippen molar-refractivity contribution < 1.29 is 0 Å². The summed E-state index contributed by atoms with van der Waals surface area (Å²) in [4.78, 5) is 2.63.